The Bertz CT molecular complexity index is 421. The third-order valence-electron chi connectivity index (χ3n) is 2.01. The van der Waals surface area contributed by atoms with E-state index in [1.165, 1.54) is 9.80 Å². The van der Waals surface area contributed by atoms with Crippen LogP contribution in [0.25, 0.3) is 10.8 Å². The Labute approximate surface area is 82.5 Å². The highest BCUT2D eigenvalue weighted by Gasteiger charge is 2.01. The summed E-state index contributed by atoms with van der Waals surface area (Å²) in [6.45, 7) is 0. The molecule has 0 bridgehead atoms. The van der Waals surface area contributed by atoms with E-state index in [0.29, 0.717) is 0 Å². The van der Waals surface area contributed by atoms with Gasteiger partial charge in [0.05, 0.1) is 5.69 Å². The lowest BCUT2D eigenvalue weighted by Crippen LogP contribution is -2.18. The van der Waals surface area contributed by atoms with Crippen molar-refractivity contribution in [3.8, 4) is 0 Å². The molecule has 0 spiro atoms. The fourth-order valence-electron chi connectivity index (χ4n) is 1.41. The van der Waals surface area contributed by atoms with Gasteiger partial charge in [-0.25, -0.2) is 5.84 Å². The molecule has 13 heavy (non-hydrogen) atoms. The van der Waals surface area contributed by atoms with Crippen LogP contribution >= 0.6 is 12.8 Å². The van der Waals surface area contributed by atoms with E-state index in [1.54, 1.807) is 0 Å². The minimum absolute atomic E-state index is 0.918. The van der Waals surface area contributed by atoms with Gasteiger partial charge in [-0.1, -0.05) is 36.4 Å². The predicted molar refractivity (Wildman–Crippen MR) is 59.6 cm³/mol. The predicted octanol–water partition coefficient (Wildman–Crippen LogP) is 2.36. The molecule has 0 saturated heterocycles. The summed E-state index contributed by atoms with van der Waals surface area (Å²) in [4.78, 5) is 0. The van der Waals surface area contributed by atoms with Crippen LogP contribution in [0.5, 0.6) is 0 Å². The molecule has 3 heteroatoms. The molecule has 2 aromatic rings. The molecule has 0 aromatic heterocycles. The van der Waals surface area contributed by atoms with E-state index < -0.39 is 0 Å². The van der Waals surface area contributed by atoms with Gasteiger partial charge in [0.1, 0.15) is 0 Å². The van der Waals surface area contributed by atoms with Gasteiger partial charge in [-0.15, -0.1) is 0 Å². The number of hydrogen-bond acceptors (Lipinski definition) is 3. The highest BCUT2D eigenvalue weighted by atomic mass is 32.1. The van der Waals surface area contributed by atoms with Crippen LogP contribution in [0.4, 0.5) is 5.69 Å². The quantitative estimate of drug-likeness (QED) is 0.410. The molecule has 2 aromatic carbocycles. The molecule has 0 fully saturated rings. The van der Waals surface area contributed by atoms with Crippen LogP contribution in [0.3, 0.4) is 0 Å². The second-order valence-corrected chi connectivity index (χ2v) is 3.27. The summed E-state index contributed by atoms with van der Waals surface area (Å²) < 4.78 is 1.34. The number of anilines is 1. The molecule has 0 heterocycles. The first-order valence-electron chi connectivity index (χ1n) is 4.00. The summed E-state index contributed by atoms with van der Waals surface area (Å²) in [5.41, 5.74) is 0.918. The first-order chi connectivity index (χ1) is 6.29. The summed E-state index contributed by atoms with van der Waals surface area (Å²) in [7, 11) is 0. The SMILES string of the molecule is NN(S)c1cccc2ccccc12. The van der Waals surface area contributed by atoms with Crippen LogP contribution in [-0.2, 0) is 0 Å². The first-order valence-corrected chi connectivity index (χ1v) is 4.40. The van der Waals surface area contributed by atoms with Gasteiger partial charge < -0.3 is 0 Å². The molecule has 0 saturated carbocycles. The topological polar surface area (TPSA) is 29.3 Å². The molecule has 2 nitrogen and oxygen atoms in total. The second kappa shape index (κ2) is 3.28. The number of nitrogens with two attached hydrogens (primary N) is 1. The lowest BCUT2D eigenvalue weighted by atomic mass is 10.1. The van der Waals surface area contributed by atoms with Crippen LogP contribution in [0.15, 0.2) is 42.5 Å². The largest absolute Gasteiger partial charge is 0.256 e. The van der Waals surface area contributed by atoms with Crippen molar-refractivity contribution in [2.45, 2.75) is 0 Å². The zero-order chi connectivity index (χ0) is 9.26. The maximum absolute atomic E-state index is 5.58. The van der Waals surface area contributed by atoms with Crippen LogP contribution in [0.2, 0.25) is 0 Å². The summed E-state index contributed by atoms with van der Waals surface area (Å²) in [5.74, 6) is 5.58. The van der Waals surface area contributed by atoms with Crippen LogP contribution < -0.4 is 10.3 Å². The molecule has 0 aliphatic heterocycles. The van der Waals surface area contributed by atoms with Gasteiger partial charge in [0.2, 0.25) is 0 Å². The van der Waals surface area contributed by atoms with E-state index in [-0.39, 0.29) is 0 Å². The normalized spacial score (nSPS) is 10.3. The molecule has 2 rings (SSSR count). The summed E-state index contributed by atoms with van der Waals surface area (Å²) in [6, 6.07) is 14.0. The van der Waals surface area contributed by atoms with Gasteiger partial charge in [0, 0.05) is 5.39 Å². The zero-order valence-corrected chi connectivity index (χ0v) is 7.91. The van der Waals surface area contributed by atoms with Crippen LogP contribution in [0, 0.1) is 0 Å². The Morgan fingerprint density at radius 1 is 1.00 bits per heavy atom. The standard InChI is InChI=1S/C10H10N2S/c11-12(13)10-7-3-5-8-4-1-2-6-9(8)10/h1-7,13H,11H2. The lowest BCUT2D eigenvalue weighted by Gasteiger charge is -2.12. The maximum Gasteiger partial charge on any atom is 0.0720 e. The average Bonchev–Trinajstić information content (AvgIpc) is 2.17. The number of fused-ring (bicyclic) bond motifs is 1. The summed E-state index contributed by atoms with van der Waals surface area (Å²) in [6.07, 6.45) is 0. The van der Waals surface area contributed by atoms with Gasteiger partial charge in [0.25, 0.3) is 0 Å². The van der Waals surface area contributed by atoms with Crippen molar-refractivity contribution in [3.05, 3.63) is 42.5 Å². The van der Waals surface area contributed by atoms with E-state index in [4.69, 9.17) is 5.84 Å². The van der Waals surface area contributed by atoms with Crippen molar-refractivity contribution in [2.75, 3.05) is 4.41 Å². The lowest BCUT2D eigenvalue weighted by molar-refractivity contribution is 1.23. The molecule has 2 N–H and O–H groups in total. The minimum atomic E-state index is 0.918. The van der Waals surface area contributed by atoms with Crippen LogP contribution in [-0.4, -0.2) is 0 Å². The molecule has 0 radical (unpaired) electrons. The zero-order valence-electron chi connectivity index (χ0n) is 7.01. The Balaban J connectivity index is 2.76. The third-order valence-corrected chi connectivity index (χ3v) is 2.23. The van der Waals surface area contributed by atoms with E-state index in [0.717, 1.165) is 11.1 Å². The monoisotopic (exact) mass is 190 g/mol. The molecule has 0 unspecified atom stereocenters. The maximum atomic E-state index is 5.58. The average molecular weight is 190 g/mol. The molecule has 0 atom stereocenters. The first kappa shape index (κ1) is 8.41. The fraction of sp³-hybridized carbons (Fsp3) is 0. The van der Waals surface area contributed by atoms with Crippen molar-refractivity contribution in [3.63, 3.8) is 0 Å². The van der Waals surface area contributed by atoms with Gasteiger partial charge in [0.15, 0.2) is 0 Å². The second-order valence-electron chi connectivity index (χ2n) is 2.84. The number of hydrogen-bond donors (Lipinski definition) is 2. The van der Waals surface area contributed by atoms with Gasteiger partial charge in [-0.3, -0.25) is 4.41 Å². The van der Waals surface area contributed by atoms with Crippen molar-refractivity contribution in [2.24, 2.45) is 5.84 Å². The molecular formula is C10H10N2S. The Kier molecular flexibility index (Phi) is 2.12. The summed E-state index contributed by atoms with van der Waals surface area (Å²) in [5, 5.41) is 2.28. The molecule has 0 aliphatic carbocycles. The van der Waals surface area contributed by atoms with Crippen molar-refractivity contribution in [1.82, 2.24) is 0 Å². The molecule has 66 valence electrons. The Hall–Kier alpha value is -1.19. The smallest absolute Gasteiger partial charge is 0.0720 e. The number of hydrazine groups is 1. The number of nitrogens with zero attached hydrogens (tertiary/aromatic N) is 1. The number of rotatable bonds is 1. The Morgan fingerprint density at radius 2 is 1.69 bits per heavy atom. The highest BCUT2D eigenvalue weighted by Crippen LogP contribution is 2.25. The Morgan fingerprint density at radius 3 is 2.46 bits per heavy atom. The number of benzene rings is 2. The van der Waals surface area contributed by atoms with E-state index in [2.05, 4.69) is 24.9 Å². The van der Waals surface area contributed by atoms with Crippen LogP contribution in [0.1, 0.15) is 0 Å². The van der Waals surface area contributed by atoms with Gasteiger partial charge >= 0.3 is 0 Å². The fourth-order valence-corrected chi connectivity index (χ4v) is 1.58. The van der Waals surface area contributed by atoms with Gasteiger partial charge in [-0.05, 0) is 24.3 Å². The molecular weight excluding hydrogens is 180 g/mol. The van der Waals surface area contributed by atoms with Crippen molar-refractivity contribution >= 4 is 29.3 Å². The summed E-state index contributed by atoms with van der Waals surface area (Å²) >= 11 is 4.07. The molecule has 0 amide bonds. The molecule has 0 aliphatic rings. The van der Waals surface area contributed by atoms with Crippen molar-refractivity contribution < 1.29 is 0 Å². The van der Waals surface area contributed by atoms with Gasteiger partial charge in [-0.2, -0.15) is 0 Å². The third kappa shape index (κ3) is 1.48. The van der Waals surface area contributed by atoms with E-state index in [9.17, 15) is 0 Å². The van der Waals surface area contributed by atoms with Crippen molar-refractivity contribution in [1.29, 1.82) is 0 Å². The minimum Gasteiger partial charge on any atom is -0.256 e. The highest BCUT2D eigenvalue weighted by molar-refractivity contribution is 7.81. The van der Waals surface area contributed by atoms with E-state index >= 15 is 0 Å². The number of thiol groups is 1. The van der Waals surface area contributed by atoms with E-state index in [1.807, 2.05) is 30.3 Å².